The third-order valence-electron chi connectivity index (χ3n) is 3.88. The fraction of sp³-hybridized carbons (Fsp3) is 0.333. The number of aromatic nitrogens is 3. The molecule has 9 heteroatoms. The van der Waals surface area contributed by atoms with Crippen LogP contribution in [0.1, 0.15) is 12.7 Å². The molecule has 0 saturated heterocycles. The van der Waals surface area contributed by atoms with Crippen molar-refractivity contribution >= 4 is 34.4 Å². The number of rotatable bonds is 7. The molecule has 1 aromatic carbocycles. The van der Waals surface area contributed by atoms with Crippen molar-refractivity contribution in [2.45, 2.75) is 30.8 Å². The molecule has 0 aliphatic carbocycles. The number of aryl methyl sites for hydroxylation is 1. The monoisotopic (exact) mass is 388 g/mol. The molecule has 0 fully saturated rings. The molecule has 3 aromatic rings. The molecule has 142 valence electrons. The molecule has 8 nitrogen and oxygen atoms in total. The number of amides is 1. The zero-order chi connectivity index (χ0) is 19.4. The predicted octanol–water partition coefficient (Wildman–Crippen LogP) is 2.46. The number of fused-ring (bicyclic) bond motifs is 1. The lowest BCUT2D eigenvalue weighted by Gasteiger charge is -2.15. The maximum absolute atomic E-state index is 12.8. The molecule has 0 saturated carbocycles. The number of ether oxygens (including phenoxy) is 1. The third-order valence-corrected chi connectivity index (χ3v) is 4.97. The number of carbonyl (C=O) groups is 1. The Morgan fingerprint density at radius 2 is 2.19 bits per heavy atom. The molecule has 2 aromatic heterocycles. The van der Waals surface area contributed by atoms with E-state index in [0.29, 0.717) is 40.8 Å². The van der Waals surface area contributed by atoms with Crippen LogP contribution < -0.4 is 10.9 Å². The summed E-state index contributed by atoms with van der Waals surface area (Å²) in [7, 11) is 1.57. The van der Waals surface area contributed by atoms with Gasteiger partial charge >= 0.3 is 0 Å². The molecule has 0 aliphatic rings. The lowest BCUT2D eigenvalue weighted by atomic mass is 10.2. The van der Waals surface area contributed by atoms with Gasteiger partial charge in [0.05, 0.1) is 29.3 Å². The van der Waals surface area contributed by atoms with Crippen molar-refractivity contribution in [3.8, 4) is 0 Å². The SMILES string of the molecule is COCCn1c(S[C@@H](C)C(=O)Nc2cc(C)on2)nc2ccccc2c1=O. The Morgan fingerprint density at radius 3 is 2.89 bits per heavy atom. The molecular weight excluding hydrogens is 368 g/mol. The second-order valence-electron chi connectivity index (χ2n) is 5.93. The van der Waals surface area contributed by atoms with Crippen molar-refractivity contribution in [1.29, 1.82) is 0 Å². The Balaban J connectivity index is 1.87. The second kappa shape index (κ2) is 8.36. The van der Waals surface area contributed by atoms with Crippen LogP contribution in [0.4, 0.5) is 5.82 Å². The fourth-order valence-electron chi connectivity index (χ4n) is 2.48. The van der Waals surface area contributed by atoms with E-state index in [1.54, 1.807) is 49.8 Å². The van der Waals surface area contributed by atoms with E-state index in [4.69, 9.17) is 9.26 Å². The largest absolute Gasteiger partial charge is 0.383 e. The molecule has 1 atom stereocenters. The Kier molecular flexibility index (Phi) is 5.92. The third kappa shape index (κ3) is 4.37. The average Bonchev–Trinajstić information content (AvgIpc) is 3.06. The van der Waals surface area contributed by atoms with Crippen LogP contribution >= 0.6 is 11.8 Å². The standard InChI is InChI=1S/C18H20N4O4S/c1-11-10-15(21-26-11)20-16(23)12(2)27-18-19-14-7-5-4-6-13(14)17(24)22(18)8-9-25-3/h4-7,10,12H,8-9H2,1-3H3,(H,20,21,23)/t12-/m0/s1. The first-order valence-corrected chi connectivity index (χ1v) is 9.27. The van der Waals surface area contributed by atoms with Crippen LogP contribution in [-0.2, 0) is 16.1 Å². The number of thioether (sulfide) groups is 1. The van der Waals surface area contributed by atoms with Gasteiger partial charge in [0.15, 0.2) is 11.0 Å². The zero-order valence-electron chi connectivity index (χ0n) is 15.3. The topological polar surface area (TPSA) is 99.2 Å². The van der Waals surface area contributed by atoms with Gasteiger partial charge < -0.3 is 14.6 Å². The Labute approximate surface area is 159 Å². The van der Waals surface area contributed by atoms with Crippen LogP contribution in [0.5, 0.6) is 0 Å². The van der Waals surface area contributed by atoms with E-state index in [2.05, 4.69) is 15.5 Å². The maximum Gasteiger partial charge on any atom is 0.262 e. The first-order valence-electron chi connectivity index (χ1n) is 8.39. The molecule has 2 heterocycles. The quantitative estimate of drug-likeness (QED) is 0.490. The fourth-order valence-corrected chi connectivity index (χ4v) is 3.42. The van der Waals surface area contributed by atoms with Gasteiger partial charge in [0, 0.05) is 13.2 Å². The minimum atomic E-state index is -0.496. The lowest BCUT2D eigenvalue weighted by Crippen LogP contribution is -2.28. The van der Waals surface area contributed by atoms with Crippen molar-refractivity contribution in [3.05, 3.63) is 46.4 Å². The van der Waals surface area contributed by atoms with Crippen LogP contribution in [-0.4, -0.2) is 39.6 Å². The Morgan fingerprint density at radius 1 is 1.41 bits per heavy atom. The highest BCUT2D eigenvalue weighted by molar-refractivity contribution is 8.00. The molecule has 3 rings (SSSR count). The van der Waals surface area contributed by atoms with Gasteiger partial charge in [-0.15, -0.1) is 0 Å². The molecule has 27 heavy (non-hydrogen) atoms. The molecule has 0 unspecified atom stereocenters. The van der Waals surface area contributed by atoms with Crippen molar-refractivity contribution in [3.63, 3.8) is 0 Å². The summed E-state index contributed by atoms with van der Waals surface area (Å²) in [6, 6.07) is 8.79. The first-order chi connectivity index (χ1) is 13.0. The van der Waals surface area contributed by atoms with Crippen molar-refractivity contribution in [2.24, 2.45) is 0 Å². The van der Waals surface area contributed by atoms with Crippen molar-refractivity contribution < 1.29 is 14.1 Å². The molecule has 0 radical (unpaired) electrons. The van der Waals surface area contributed by atoms with E-state index < -0.39 is 5.25 Å². The summed E-state index contributed by atoms with van der Waals surface area (Å²) in [5.74, 6) is 0.706. The molecular formula is C18H20N4O4S. The molecule has 1 N–H and O–H groups in total. The van der Waals surface area contributed by atoms with E-state index in [-0.39, 0.29) is 11.5 Å². The maximum atomic E-state index is 12.8. The number of nitrogens with zero attached hydrogens (tertiary/aromatic N) is 3. The molecule has 0 aliphatic heterocycles. The van der Waals surface area contributed by atoms with Crippen LogP contribution in [0.3, 0.4) is 0 Å². The van der Waals surface area contributed by atoms with Gasteiger partial charge in [0.25, 0.3) is 5.56 Å². The van der Waals surface area contributed by atoms with E-state index in [0.717, 1.165) is 0 Å². The molecule has 0 spiro atoms. The summed E-state index contributed by atoms with van der Waals surface area (Å²) in [6.45, 7) is 4.21. The minimum Gasteiger partial charge on any atom is -0.383 e. The van der Waals surface area contributed by atoms with Gasteiger partial charge in [-0.05, 0) is 26.0 Å². The van der Waals surface area contributed by atoms with E-state index in [9.17, 15) is 9.59 Å². The number of benzene rings is 1. The molecule has 1 amide bonds. The normalized spacial score (nSPS) is 12.3. The van der Waals surface area contributed by atoms with Gasteiger partial charge in [-0.2, -0.15) is 0 Å². The van der Waals surface area contributed by atoms with Gasteiger partial charge in [-0.3, -0.25) is 14.2 Å². The van der Waals surface area contributed by atoms with E-state index >= 15 is 0 Å². The lowest BCUT2D eigenvalue weighted by molar-refractivity contribution is -0.115. The summed E-state index contributed by atoms with van der Waals surface area (Å²) in [5.41, 5.74) is 0.443. The first kappa shape index (κ1) is 19.1. The smallest absolute Gasteiger partial charge is 0.262 e. The Hall–Kier alpha value is -2.65. The highest BCUT2D eigenvalue weighted by Crippen LogP contribution is 2.23. The number of methoxy groups -OCH3 is 1. The molecule has 0 bridgehead atoms. The minimum absolute atomic E-state index is 0.153. The van der Waals surface area contributed by atoms with Gasteiger partial charge in [-0.25, -0.2) is 4.98 Å². The number of hydrogen-bond acceptors (Lipinski definition) is 7. The van der Waals surface area contributed by atoms with Crippen molar-refractivity contribution in [2.75, 3.05) is 19.0 Å². The summed E-state index contributed by atoms with van der Waals surface area (Å²) >= 11 is 1.21. The summed E-state index contributed by atoms with van der Waals surface area (Å²) in [5, 5.41) is 6.95. The highest BCUT2D eigenvalue weighted by atomic mass is 32.2. The van der Waals surface area contributed by atoms with Crippen LogP contribution in [0, 0.1) is 6.92 Å². The number of para-hydroxylation sites is 1. The summed E-state index contributed by atoms with van der Waals surface area (Å²) in [4.78, 5) is 29.9. The van der Waals surface area contributed by atoms with Crippen LogP contribution in [0.15, 0.2) is 44.8 Å². The van der Waals surface area contributed by atoms with Gasteiger partial charge in [0.1, 0.15) is 5.76 Å². The summed E-state index contributed by atoms with van der Waals surface area (Å²) < 4.78 is 11.6. The van der Waals surface area contributed by atoms with E-state index in [1.165, 1.54) is 11.8 Å². The van der Waals surface area contributed by atoms with Crippen molar-refractivity contribution in [1.82, 2.24) is 14.7 Å². The second-order valence-corrected chi connectivity index (χ2v) is 7.24. The van der Waals surface area contributed by atoms with Crippen LogP contribution in [0.25, 0.3) is 10.9 Å². The van der Waals surface area contributed by atoms with Crippen LogP contribution in [0.2, 0.25) is 0 Å². The highest BCUT2D eigenvalue weighted by Gasteiger charge is 2.20. The van der Waals surface area contributed by atoms with E-state index in [1.807, 2.05) is 6.07 Å². The average molecular weight is 388 g/mol. The zero-order valence-corrected chi connectivity index (χ0v) is 16.1. The van der Waals surface area contributed by atoms with Gasteiger partial charge in [0.2, 0.25) is 5.91 Å². The number of nitrogens with one attached hydrogen (secondary N) is 1. The predicted molar refractivity (Wildman–Crippen MR) is 103 cm³/mol. The number of anilines is 1. The number of hydrogen-bond donors (Lipinski definition) is 1. The van der Waals surface area contributed by atoms with Gasteiger partial charge in [-0.1, -0.05) is 29.1 Å². The summed E-state index contributed by atoms with van der Waals surface area (Å²) in [6.07, 6.45) is 0. The Bertz CT molecular complexity index is 1010. The number of carbonyl (C=O) groups excluding carboxylic acids is 1.